The monoisotopic (exact) mass is 276 g/mol. The summed E-state index contributed by atoms with van der Waals surface area (Å²) in [4.78, 5) is 6.79. The zero-order chi connectivity index (χ0) is 13.9. The van der Waals surface area contributed by atoms with Crippen LogP contribution in [0.5, 0.6) is 5.75 Å². The Morgan fingerprint density at radius 2 is 2.10 bits per heavy atom. The van der Waals surface area contributed by atoms with Crippen molar-refractivity contribution in [1.29, 1.82) is 0 Å². The molecule has 0 amide bonds. The van der Waals surface area contributed by atoms with Gasteiger partial charge in [0.2, 0.25) is 5.95 Å². The summed E-state index contributed by atoms with van der Waals surface area (Å²) in [6, 6.07) is 5.86. The van der Waals surface area contributed by atoms with E-state index < -0.39 is 0 Å². The quantitative estimate of drug-likeness (QED) is 0.901. The summed E-state index contributed by atoms with van der Waals surface area (Å²) < 4.78 is 12.6. The summed E-state index contributed by atoms with van der Waals surface area (Å²) in [6.45, 7) is 5.41. The number of fused-ring (bicyclic) bond motifs is 1. The molecule has 6 nitrogen and oxygen atoms in total. The average Bonchev–Trinajstić information content (AvgIpc) is 2.80. The van der Waals surface area contributed by atoms with E-state index in [1.54, 1.807) is 7.11 Å². The Labute approximate surface area is 118 Å². The van der Waals surface area contributed by atoms with Gasteiger partial charge in [-0.05, 0) is 12.1 Å². The van der Waals surface area contributed by atoms with Crippen molar-refractivity contribution in [3.63, 3.8) is 0 Å². The summed E-state index contributed by atoms with van der Waals surface area (Å²) in [5, 5.41) is 0. The van der Waals surface area contributed by atoms with E-state index in [0.717, 1.165) is 56.2 Å². The van der Waals surface area contributed by atoms with Gasteiger partial charge in [-0.2, -0.15) is 0 Å². The number of nitrogens with two attached hydrogens (primary N) is 1. The van der Waals surface area contributed by atoms with Crippen LogP contribution in [0.1, 0.15) is 0 Å². The number of morpholine rings is 1. The van der Waals surface area contributed by atoms with Crippen LogP contribution < -0.4 is 10.5 Å². The van der Waals surface area contributed by atoms with Gasteiger partial charge in [0.05, 0.1) is 31.4 Å². The molecule has 0 unspecified atom stereocenters. The molecule has 0 aliphatic carbocycles. The fourth-order valence-corrected chi connectivity index (χ4v) is 2.56. The highest BCUT2D eigenvalue weighted by Crippen LogP contribution is 2.22. The van der Waals surface area contributed by atoms with Crippen LogP contribution in [0.2, 0.25) is 0 Å². The predicted molar refractivity (Wildman–Crippen MR) is 78.0 cm³/mol. The SMILES string of the molecule is COc1ccc2c(c1)nc(N)n2CCN1CCOCC1. The lowest BCUT2D eigenvalue weighted by Crippen LogP contribution is -2.38. The Balaban J connectivity index is 1.78. The number of anilines is 1. The first-order valence-corrected chi connectivity index (χ1v) is 6.88. The van der Waals surface area contributed by atoms with Crippen molar-refractivity contribution >= 4 is 17.0 Å². The van der Waals surface area contributed by atoms with Crippen LogP contribution in [0.15, 0.2) is 18.2 Å². The summed E-state index contributed by atoms with van der Waals surface area (Å²) in [5.74, 6) is 1.36. The normalized spacial score (nSPS) is 16.6. The maximum absolute atomic E-state index is 6.03. The van der Waals surface area contributed by atoms with Gasteiger partial charge in [-0.3, -0.25) is 4.90 Å². The molecule has 2 heterocycles. The van der Waals surface area contributed by atoms with Crippen molar-refractivity contribution in [3.05, 3.63) is 18.2 Å². The molecule has 2 N–H and O–H groups in total. The highest BCUT2D eigenvalue weighted by molar-refractivity contribution is 5.79. The molecule has 20 heavy (non-hydrogen) atoms. The second kappa shape index (κ2) is 5.68. The molecule has 1 aromatic carbocycles. The minimum atomic E-state index is 0.557. The second-order valence-corrected chi connectivity index (χ2v) is 4.93. The predicted octanol–water partition coefficient (Wildman–Crippen LogP) is 0.959. The molecule has 0 spiro atoms. The number of hydrogen-bond donors (Lipinski definition) is 1. The fraction of sp³-hybridized carbons (Fsp3) is 0.500. The smallest absolute Gasteiger partial charge is 0.201 e. The van der Waals surface area contributed by atoms with Crippen LogP contribution in [0.25, 0.3) is 11.0 Å². The van der Waals surface area contributed by atoms with Crippen molar-refractivity contribution in [2.24, 2.45) is 0 Å². The van der Waals surface area contributed by atoms with E-state index in [9.17, 15) is 0 Å². The van der Waals surface area contributed by atoms with Crippen LogP contribution in [-0.2, 0) is 11.3 Å². The number of benzene rings is 1. The number of nitrogens with zero attached hydrogens (tertiary/aromatic N) is 3. The minimum absolute atomic E-state index is 0.557. The molecule has 3 rings (SSSR count). The summed E-state index contributed by atoms with van der Waals surface area (Å²) in [6.07, 6.45) is 0. The van der Waals surface area contributed by atoms with Gasteiger partial charge in [0.15, 0.2) is 0 Å². The van der Waals surface area contributed by atoms with E-state index in [1.165, 1.54) is 0 Å². The zero-order valence-corrected chi connectivity index (χ0v) is 11.7. The van der Waals surface area contributed by atoms with E-state index in [1.807, 2.05) is 18.2 Å². The van der Waals surface area contributed by atoms with Crippen molar-refractivity contribution in [2.45, 2.75) is 6.54 Å². The lowest BCUT2D eigenvalue weighted by molar-refractivity contribution is 0.0366. The highest BCUT2D eigenvalue weighted by atomic mass is 16.5. The van der Waals surface area contributed by atoms with Crippen molar-refractivity contribution in [1.82, 2.24) is 14.5 Å². The van der Waals surface area contributed by atoms with Gasteiger partial charge in [0.25, 0.3) is 0 Å². The molecule has 0 bridgehead atoms. The van der Waals surface area contributed by atoms with E-state index in [4.69, 9.17) is 15.2 Å². The van der Waals surface area contributed by atoms with Gasteiger partial charge in [-0.15, -0.1) is 0 Å². The summed E-state index contributed by atoms with van der Waals surface area (Å²) >= 11 is 0. The van der Waals surface area contributed by atoms with Crippen LogP contribution in [0.3, 0.4) is 0 Å². The Bertz CT molecular complexity index is 590. The van der Waals surface area contributed by atoms with E-state index in [0.29, 0.717) is 5.95 Å². The Morgan fingerprint density at radius 3 is 2.85 bits per heavy atom. The Kier molecular flexibility index (Phi) is 3.75. The zero-order valence-electron chi connectivity index (χ0n) is 11.7. The number of nitrogen functional groups attached to an aromatic ring is 1. The first-order chi connectivity index (χ1) is 9.78. The standard InChI is InChI=1S/C14H20N4O2/c1-19-11-2-3-13-12(10-11)16-14(15)18(13)5-4-17-6-8-20-9-7-17/h2-3,10H,4-9H2,1H3,(H2,15,16). The van der Waals surface area contributed by atoms with Crippen molar-refractivity contribution in [3.8, 4) is 5.75 Å². The summed E-state index contributed by atoms with van der Waals surface area (Å²) in [7, 11) is 1.65. The topological polar surface area (TPSA) is 65.5 Å². The molecule has 6 heteroatoms. The molecule has 0 saturated carbocycles. The molecule has 2 aromatic rings. The van der Waals surface area contributed by atoms with Crippen LogP contribution in [0, 0.1) is 0 Å². The third kappa shape index (κ3) is 2.57. The molecular formula is C14H20N4O2. The molecule has 1 aliphatic rings. The molecule has 0 atom stereocenters. The van der Waals surface area contributed by atoms with Crippen molar-refractivity contribution < 1.29 is 9.47 Å². The maximum Gasteiger partial charge on any atom is 0.201 e. The number of hydrogen-bond acceptors (Lipinski definition) is 5. The first-order valence-electron chi connectivity index (χ1n) is 6.88. The molecule has 108 valence electrons. The molecular weight excluding hydrogens is 256 g/mol. The molecule has 1 fully saturated rings. The van der Waals surface area contributed by atoms with Gasteiger partial charge in [0, 0.05) is 32.2 Å². The van der Waals surface area contributed by atoms with Crippen molar-refractivity contribution in [2.75, 3.05) is 45.7 Å². The van der Waals surface area contributed by atoms with Gasteiger partial charge < -0.3 is 19.8 Å². The van der Waals surface area contributed by atoms with E-state index in [-0.39, 0.29) is 0 Å². The Hall–Kier alpha value is -1.79. The van der Waals surface area contributed by atoms with Crippen LogP contribution in [0.4, 0.5) is 5.95 Å². The summed E-state index contributed by atoms with van der Waals surface area (Å²) in [5.41, 5.74) is 7.96. The largest absolute Gasteiger partial charge is 0.497 e. The molecule has 1 aromatic heterocycles. The van der Waals surface area contributed by atoms with Gasteiger partial charge in [-0.1, -0.05) is 0 Å². The number of methoxy groups -OCH3 is 1. The second-order valence-electron chi connectivity index (χ2n) is 4.93. The lowest BCUT2D eigenvalue weighted by atomic mass is 10.3. The lowest BCUT2D eigenvalue weighted by Gasteiger charge is -2.26. The average molecular weight is 276 g/mol. The first kappa shape index (κ1) is 13.2. The fourth-order valence-electron chi connectivity index (χ4n) is 2.56. The van der Waals surface area contributed by atoms with E-state index >= 15 is 0 Å². The minimum Gasteiger partial charge on any atom is -0.497 e. The number of aromatic nitrogens is 2. The molecule has 0 radical (unpaired) electrons. The Morgan fingerprint density at radius 1 is 1.30 bits per heavy atom. The van der Waals surface area contributed by atoms with Crippen LogP contribution in [-0.4, -0.2) is 54.4 Å². The maximum atomic E-state index is 6.03. The number of ether oxygens (including phenoxy) is 2. The highest BCUT2D eigenvalue weighted by Gasteiger charge is 2.13. The third-order valence-corrected chi connectivity index (χ3v) is 3.73. The van der Waals surface area contributed by atoms with Gasteiger partial charge in [0.1, 0.15) is 5.75 Å². The molecule has 1 aliphatic heterocycles. The number of rotatable bonds is 4. The molecule has 1 saturated heterocycles. The van der Waals surface area contributed by atoms with E-state index in [2.05, 4.69) is 14.5 Å². The number of imidazole rings is 1. The van der Waals surface area contributed by atoms with Crippen LogP contribution >= 0.6 is 0 Å². The third-order valence-electron chi connectivity index (χ3n) is 3.73. The van der Waals surface area contributed by atoms with Gasteiger partial charge in [-0.25, -0.2) is 4.98 Å². The van der Waals surface area contributed by atoms with Gasteiger partial charge >= 0.3 is 0 Å².